The smallest absolute Gasteiger partial charge is 0.258 e. The van der Waals surface area contributed by atoms with Crippen molar-refractivity contribution in [1.29, 1.82) is 0 Å². The minimum Gasteiger partial charge on any atom is -0.483 e. The lowest BCUT2D eigenvalue weighted by Crippen LogP contribution is -2.35. The van der Waals surface area contributed by atoms with E-state index in [1.807, 2.05) is 18.2 Å². The van der Waals surface area contributed by atoms with Crippen molar-refractivity contribution in [2.24, 2.45) is 0 Å². The molecule has 1 fully saturated rings. The van der Waals surface area contributed by atoms with Gasteiger partial charge in [0.25, 0.3) is 11.8 Å². The Morgan fingerprint density at radius 2 is 1.63 bits per heavy atom. The van der Waals surface area contributed by atoms with Gasteiger partial charge in [0.15, 0.2) is 13.2 Å². The zero-order valence-electron chi connectivity index (χ0n) is 16.6. The number of carbonyl (C=O) groups excluding carboxylic acids is 2. The maximum Gasteiger partial charge on any atom is 0.258 e. The Hall–Kier alpha value is -2.77. The van der Waals surface area contributed by atoms with E-state index in [0.717, 1.165) is 25.0 Å². The lowest BCUT2D eigenvalue weighted by molar-refractivity contribution is -0.124. The van der Waals surface area contributed by atoms with Crippen molar-refractivity contribution in [2.75, 3.05) is 26.4 Å². The first-order chi connectivity index (χ1) is 14.6. The molecule has 1 saturated heterocycles. The second-order valence-corrected chi connectivity index (χ2v) is 7.24. The van der Waals surface area contributed by atoms with E-state index in [1.165, 1.54) is 0 Å². The van der Waals surface area contributed by atoms with E-state index in [0.29, 0.717) is 23.1 Å². The van der Waals surface area contributed by atoms with Crippen LogP contribution in [0, 0.1) is 0 Å². The summed E-state index contributed by atoms with van der Waals surface area (Å²) in [6.45, 7) is 1.23. The molecule has 0 aliphatic carbocycles. The molecule has 2 amide bonds. The molecule has 2 aromatic carbocycles. The topological polar surface area (TPSA) is 85.9 Å². The SMILES string of the molecule is O=C(COc1ccccc1Cl)NCc1ccccc1OCC(=O)NC[C@H]1CCCO1. The number of ether oxygens (including phenoxy) is 3. The number of carbonyl (C=O) groups is 2. The number of amides is 2. The fourth-order valence-electron chi connectivity index (χ4n) is 2.97. The van der Waals surface area contributed by atoms with Gasteiger partial charge in [-0.15, -0.1) is 0 Å². The number of rotatable bonds is 10. The molecule has 0 unspecified atom stereocenters. The van der Waals surface area contributed by atoms with Crippen LogP contribution in [0.4, 0.5) is 0 Å². The molecule has 2 N–H and O–H groups in total. The van der Waals surface area contributed by atoms with Gasteiger partial charge >= 0.3 is 0 Å². The minimum atomic E-state index is -0.293. The molecule has 7 nitrogen and oxygen atoms in total. The van der Waals surface area contributed by atoms with Gasteiger partial charge in [-0.25, -0.2) is 0 Å². The quantitative estimate of drug-likeness (QED) is 0.603. The van der Waals surface area contributed by atoms with Crippen LogP contribution in [0.25, 0.3) is 0 Å². The summed E-state index contributed by atoms with van der Waals surface area (Å²) in [6.07, 6.45) is 2.08. The van der Waals surface area contributed by atoms with E-state index in [-0.39, 0.29) is 37.7 Å². The molecule has 1 aliphatic heterocycles. The summed E-state index contributed by atoms with van der Waals surface area (Å²) in [5.41, 5.74) is 0.760. The highest BCUT2D eigenvalue weighted by Crippen LogP contribution is 2.23. The summed E-state index contributed by atoms with van der Waals surface area (Å²) in [5.74, 6) is 0.487. The summed E-state index contributed by atoms with van der Waals surface area (Å²) < 4.78 is 16.5. The highest BCUT2D eigenvalue weighted by atomic mass is 35.5. The number of nitrogens with one attached hydrogen (secondary N) is 2. The molecular formula is C22H25ClN2O5. The lowest BCUT2D eigenvalue weighted by atomic mass is 10.2. The van der Waals surface area contributed by atoms with Crippen molar-refractivity contribution in [1.82, 2.24) is 10.6 Å². The average molecular weight is 433 g/mol. The third-order valence-electron chi connectivity index (χ3n) is 4.55. The van der Waals surface area contributed by atoms with E-state index in [9.17, 15) is 9.59 Å². The number of halogens is 1. The predicted molar refractivity (Wildman–Crippen MR) is 113 cm³/mol. The molecule has 3 rings (SSSR count). The van der Waals surface area contributed by atoms with Gasteiger partial charge < -0.3 is 24.8 Å². The molecular weight excluding hydrogens is 408 g/mol. The first kappa shape index (κ1) is 21.9. The monoisotopic (exact) mass is 432 g/mol. The fourth-order valence-corrected chi connectivity index (χ4v) is 3.16. The van der Waals surface area contributed by atoms with Crippen molar-refractivity contribution in [3.63, 3.8) is 0 Å². The third kappa shape index (κ3) is 6.93. The zero-order valence-corrected chi connectivity index (χ0v) is 17.3. The summed E-state index contributed by atoms with van der Waals surface area (Å²) in [7, 11) is 0. The molecule has 1 atom stereocenters. The van der Waals surface area contributed by atoms with Crippen LogP contribution in [0.1, 0.15) is 18.4 Å². The maximum absolute atomic E-state index is 12.1. The molecule has 0 bridgehead atoms. The van der Waals surface area contributed by atoms with Crippen LogP contribution in [0.2, 0.25) is 5.02 Å². The Morgan fingerprint density at radius 3 is 2.37 bits per heavy atom. The highest BCUT2D eigenvalue weighted by molar-refractivity contribution is 6.32. The number of hydrogen-bond acceptors (Lipinski definition) is 5. The molecule has 8 heteroatoms. The van der Waals surface area contributed by atoms with Gasteiger partial charge in [0.1, 0.15) is 11.5 Å². The predicted octanol–water partition coefficient (Wildman–Crippen LogP) is 2.71. The van der Waals surface area contributed by atoms with Crippen LogP contribution < -0.4 is 20.1 Å². The lowest BCUT2D eigenvalue weighted by Gasteiger charge is -2.14. The van der Waals surface area contributed by atoms with Crippen LogP contribution in [0.15, 0.2) is 48.5 Å². The van der Waals surface area contributed by atoms with E-state index in [4.69, 9.17) is 25.8 Å². The first-order valence-electron chi connectivity index (χ1n) is 9.85. The van der Waals surface area contributed by atoms with Crippen molar-refractivity contribution >= 4 is 23.4 Å². The number of hydrogen-bond donors (Lipinski definition) is 2. The molecule has 0 radical (unpaired) electrons. The van der Waals surface area contributed by atoms with E-state index < -0.39 is 0 Å². The van der Waals surface area contributed by atoms with Gasteiger partial charge in [0, 0.05) is 25.3 Å². The first-order valence-corrected chi connectivity index (χ1v) is 10.2. The standard InChI is InChI=1S/C22H25ClN2O5/c23-18-8-2-4-10-20(18)30-15-21(26)24-12-16-6-1-3-9-19(16)29-14-22(27)25-13-17-7-5-11-28-17/h1-4,6,8-10,17H,5,7,11-15H2,(H,24,26)(H,25,27)/t17-/m1/s1. The normalized spacial score (nSPS) is 15.4. The maximum atomic E-state index is 12.1. The van der Waals surface area contributed by atoms with Crippen LogP contribution in [0.3, 0.4) is 0 Å². The number of para-hydroxylation sites is 2. The second kappa shape index (κ2) is 11.4. The second-order valence-electron chi connectivity index (χ2n) is 6.83. The minimum absolute atomic E-state index is 0.0874. The summed E-state index contributed by atoms with van der Waals surface area (Å²) in [5, 5.41) is 6.04. The average Bonchev–Trinajstić information content (AvgIpc) is 3.28. The van der Waals surface area contributed by atoms with Gasteiger partial charge in [-0.2, -0.15) is 0 Å². The van der Waals surface area contributed by atoms with Crippen molar-refractivity contribution in [3.05, 3.63) is 59.1 Å². The van der Waals surface area contributed by atoms with Crippen LogP contribution in [-0.4, -0.2) is 44.3 Å². The summed E-state index contributed by atoms with van der Waals surface area (Å²) in [4.78, 5) is 24.1. The number of benzene rings is 2. The summed E-state index contributed by atoms with van der Waals surface area (Å²) >= 11 is 6.01. The largest absolute Gasteiger partial charge is 0.483 e. The van der Waals surface area contributed by atoms with Crippen LogP contribution >= 0.6 is 11.6 Å². The van der Waals surface area contributed by atoms with Gasteiger partial charge in [0.2, 0.25) is 0 Å². The van der Waals surface area contributed by atoms with Crippen molar-refractivity contribution < 1.29 is 23.8 Å². The van der Waals surface area contributed by atoms with Crippen molar-refractivity contribution in [2.45, 2.75) is 25.5 Å². The Bertz CT molecular complexity index is 855. The Kier molecular flexibility index (Phi) is 8.35. The molecule has 1 heterocycles. The Balaban J connectivity index is 1.42. The summed E-state index contributed by atoms with van der Waals surface area (Å²) in [6, 6.07) is 14.2. The zero-order chi connectivity index (χ0) is 21.2. The molecule has 0 saturated carbocycles. The van der Waals surface area contributed by atoms with E-state index in [1.54, 1.807) is 30.3 Å². The molecule has 2 aromatic rings. The Morgan fingerprint density at radius 1 is 0.967 bits per heavy atom. The highest BCUT2D eigenvalue weighted by Gasteiger charge is 2.16. The molecule has 30 heavy (non-hydrogen) atoms. The van der Waals surface area contributed by atoms with Gasteiger partial charge in [-0.3, -0.25) is 9.59 Å². The Labute approximate surface area is 180 Å². The van der Waals surface area contributed by atoms with Crippen molar-refractivity contribution in [3.8, 4) is 11.5 Å². The van der Waals surface area contributed by atoms with Gasteiger partial charge in [-0.1, -0.05) is 41.9 Å². The van der Waals surface area contributed by atoms with Crippen LogP contribution in [-0.2, 0) is 20.9 Å². The van der Waals surface area contributed by atoms with E-state index in [2.05, 4.69) is 10.6 Å². The molecule has 1 aliphatic rings. The van der Waals surface area contributed by atoms with Gasteiger partial charge in [0.05, 0.1) is 11.1 Å². The van der Waals surface area contributed by atoms with E-state index >= 15 is 0 Å². The fraction of sp³-hybridized carbons (Fsp3) is 0.364. The molecule has 0 aromatic heterocycles. The van der Waals surface area contributed by atoms with Gasteiger partial charge in [-0.05, 0) is 31.0 Å². The molecule has 0 spiro atoms. The third-order valence-corrected chi connectivity index (χ3v) is 4.87. The van der Waals surface area contributed by atoms with Crippen LogP contribution in [0.5, 0.6) is 11.5 Å². The molecule has 160 valence electrons.